The zero-order valence-corrected chi connectivity index (χ0v) is 24.5. The van der Waals surface area contributed by atoms with E-state index in [4.69, 9.17) is 23.2 Å². The molecule has 0 unspecified atom stereocenters. The van der Waals surface area contributed by atoms with Gasteiger partial charge in [0.25, 0.3) is 0 Å². The molecule has 1 fully saturated rings. The zero-order valence-electron chi connectivity index (χ0n) is 23.0. The average molecular weight is 589 g/mol. The Hall–Kier alpha value is -3.76. The van der Waals surface area contributed by atoms with Gasteiger partial charge in [-0.1, -0.05) is 120 Å². The molecule has 3 nitrogen and oxygen atoms in total. The lowest BCUT2D eigenvalue weighted by Crippen LogP contribution is -2.59. The maximum absolute atomic E-state index is 15.4. The highest BCUT2D eigenvalue weighted by Crippen LogP contribution is 2.69. The van der Waals surface area contributed by atoms with E-state index >= 15 is 9.59 Å². The number of likely N-dealkylation sites (N-methyl/N-ethyl adjacent to an activating group) is 1. The molecule has 42 heavy (non-hydrogen) atoms. The van der Waals surface area contributed by atoms with Crippen molar-refractivity contribution in [2.24, 2.45) is 5.41 Å². The Bertz CT molecular complexity index is 1950. The largest absolute Gasteiger partial charge is 0.293 e. The van der Waals surface area contributed by atoms with Gasteiger partial charge in [0, 0.05) is 29.5 Å². The predicted octanol–water partition coefficient (Wildman–Crippen LogP) is 8.67. The van der Waals surface area contributed by atoms with Crippen molar-refractivity contribution in [1.82, 2.24) is 4.90 Å². The van der Waals surface area contributed by atoms with Gasteiger partial charge in [-0.05, 0) is 58.6 Å². The summed E-state index contributed by atoms with van der Waals surface area (Å²) in [5, 5.41) is 2.95. The second kappa shape index (κ2) is 9.12. The summed E-state index contributed by atoms with van der Waals surface area (Å²) in [7, 11) is 2.02. The Morgan fingerprint density at radius 3 is 2.21 bits per heavy atom. The van der Waals surface area contributed by atoms with Gasteiger partial charge in [-0.15, -0.1) is 0 Å². The van der Waals surface area contributed by atoms with Crippen molar-refractivity contribution in [1.29, 1.82) is 0 Å². The second-order valence-electron chi connectivity index (χ2n) is 11.9. The molecule has 2 spiro atoms. The SMILES string of the molecule is CN1C[C@H](c2ccccc2)[C@]2(C[C@@H](c3ccc(Cl)c(Cl)c3)c3ccccc3C2=O)[C@]12C(=O)c1cccc3cccc2c13. The normalized spacial score (nSPS) is 26.5. The summed E-state index contributed by atoms with van der Waals surface area (Å²) in [6.45, 7) is 0.572. The van der Waals surface area contributed by atoms with Crippen LogP contribution in [0.3, 0.4) is 0 Å². The van der Waals surface area contributed by atoms with Crippen LogP contribution in [0.15, 0.2) is 109 Å². The van der Waals surface area contributed by atoms with Gasteiger partial charge in [0.05, 0.1) is 15.5 Å². The molecule has 0 bridgehead atoms. The highest BCUT2D eigenvalue weighted by molar-refractivity contribution is 6.42. The number of rotatable bonds is 2. The molecule has 1 saturated heterocycles. The fourth-order valence-corrected chi connectivity index (χ4v) is 8.92. The Kier molecular flexibility index (Phi) is 5.63. The number of halogens is 2. The van der Waals surface area contributed by atoms with Gasteiger partial charge in [0.15, 0.2) is 11.6 Å². The van der Waals surface area contributed by atoms with Crippen LogP contribution in [0.4, 0.5) is 0 Å². The van der Waals surface area contributed by atoms with Crippen LogP contribution in [0.2, 0.25) is 10.0 Å². The minimum atomic E-state index is -1.17. The van der Waals surface area contributed by atoms with Crippen molar-refractivity contribution in [3.8, 4) is 0 Å². The van der Waals surface area contributed by atoms with Crippen LogP contribution >= 0.6 is 23.2 Å². The van der Waals surface area contributed by atoms with E-state index in [0.29, 0.717) is 34.1 Å². The van der Waals surface area contributed by atoms with Crippen molar-refractivity contribution in [2.75, 3.05) is 13.6 Å². The highest BCUT2D eigenvalue weighted by atomic mass is 35.5. The summed E-state index contributed by atoms with van der Waals surface area (Å²) in [5.41, 5.74) is 3.06. The molecule has 0 aromatic heterocycles. The Balaban J connectivity index is 1.49. The fraction of sp³-hybridized carbons (Fsp3) is 0.189. The smallest absolute Gasteiger partial charge is 0.189 e. The van der Waals surface area contributed by atoms with Crippen LogP contribution < -0.4 is 0 Å². The van der Waals surface area contributed by atoms with Gasteiger partial charge in [0.2, 0.25) is 0 Å². The number of carbonyl (C=O) groups is 2. The third-order valence-electron chi connectivity index (χ3n) is 10.2. The van der Waals surface area contributed by atoms with E-state index in [1.54, 1.807) is 0 Å². The number of hydrogen-bond donors (Lipinski definition) is 0. The standard InChI is InChI=1S/C37H27Cl2NO2/c1-40-21-30(22-9-3-2-4-10-22)36(37(40)29-16-8-12-23-11-7-15-27(33(23)29)35(37)42)20-28(24-17-18-31(38)32(39)19-24)25-13-5-6-14-26(25)34(36)41/h2-19,28,30H,20-21H2,1H3/t28-,30+,36-,37-/m0/s1. The first-order chi connectivity index (χ1) is 20.4. The average Bonchev–Trinajstić information content (AvgIpc) is 3.44. The molecule has 0 radical (unpaired) electrons. The molecule has 0 amide bonds. The van der Waals surface area contributed by atoms with E-state index < -0.39 is 11.0 Å². The van der Waals surface area contributed by atoms with Gasteiger partial charge < -0.3 is 0 Å². The van der Waals surface area contributed by atoms with Gasteiger partial charge in [-0.2, -0.15) is 0 Å². The van der Waals surface area contributed by atoms with Crippen molar-refractivity contribution in [2.45, 2.75) is 23.8 Å². The van der Waals surface area contributed by atoms with E-state index in [9.17, 15) is 0 Å². The fourth-order valence-electron chi connectivity index (χ4n) is 8.62. The van der Waals surface area contributed by atoms with E-state index in [1.165, 1.54) is 0 Å². The highest BCUT2D eigenvalue weighted by Gasteiger charge is 2.74. The molecule has 4 atom stereocenters. The van der Waals surface area contributed by atoms with Gasteiger partial charge in [-0.25, -0.2) is 0 Å². The minimum absolute atomic E-state index is 0.0100. The van der Waals surface area contributed by atoms with E-state index in [-0.39, 0.29) is 23.4 Å². The molecule has 5 heteroatoms. The number of nitrogens with zero attached hydrogens (tertiary/aromatic N) is 1. The number of likely N-dealkylation sites (tertiary alicyclic amines) is 1. The molecule has 3 aliphatic rings. The number of benzene rings is 5. The molecule has 1 heterocycles. The quantitative estimate of drug-likeness (QED) is 0.207. The molecule has 2 aliphatic carbocycles. The number of hydrogen-bond acceptors (Lipinski definition) is 3. The first kappa shape index (κ1) is 25.9. The summed E-state index contributed by atoms with van der Waals surface area (Å²) in [6.07, 6.45) is 0.459. The number of carbonyl (C=O) groups excluding carboxylic acids is 2. The molecule has 5 aromatic rings. The van der Waals surface area contributed by atoms with Crippen LogP contribution in [0.1, 0.15) is 61.2 Å². The molecule has 5 aromatic carbocycles. The van der Waals surface area contributed by atoms with Crippen molar-refractivity contribution < 1.29 is 9.59 Å². The Morgan fingerprint density at radius 2 is 1.43 bits per heavy atom. The zero-order chi connectivity index (χ0) is 28.8. The first-order valence-electron chi connectivity index (χ1n) is 14.3. The van der Waals surface area contributed by atoms with Crippen LogP contribution in [-0.2, 0) is 5.54 Å². The summed E-state index contributed by atoms with van der Waals surface area (Å²) in [4.78, 5) is 32.7. The Morgan fingerprint density at radius 1 is 0.714 bits per heavy atom. The van der Waals surface area contributed by atoms with E-state index in [0.717, 1.165) is 33.0 Å². The summed E-state index contributed by atoms with van der Waals surface area (Å²) >= 11 is 12.9. The third-order valence-corrected chi connectivity index (χ3v) is 10.9. The van der Waals surface area contributed by atoms with Crippen molar-refractivity contribution in [3.05, 3.63) is 153 Å². The molecule has 0 N–H and O–H groups in total. The number of fused-ring (bicyclic) bond motifs is 3. The lowest BCUT2D eigenvalue weighted by atomic mass is 9.50. The minimum Gasteiger partial charge on any atom is -0.293 e. The van der Waals surface area contributed by atoms with Crippen molar-refractivity contribution in [3.63, 3.8) is 0 Å². The maximum Gasteiger partial charge on any atom is 0.189 e. The predicted molar refractivity (Wildman–Crippen MR) is 168 cm³/mol. The van der Waals surface area contributed by atoms with Gasteiger partial charge in [-0.3, -0.25) is 14.5 Å². The molecule has 1 aliphatic heterocycles. The molecular weight excluding hydrogens is 561 g/mol. The van der Waals surface area contributed by atoms with Crippen molar-refractivity contribution >= 4 is 45.5 Å². The second-order valence-corrected chi connectivity index (χ2v) is 12.7. The monoisotopic (exact) mass is 587 g/mol. The molecule has 206 valence electrons. The van der Waals surface area contributed by atoms with Crippen LogP contribution in [-0.4, -0.2) is 30.1 Å². The first-order valence-corrected chi connectivity index (χ1v) is 15.1. The topological polar surface area (TPSA) is 37.4 Å². The third kappa shape index (κ3) is 3.11. The number of Topliss-reactive ketones (excluding diaryl/α,β-unsaturated/α-hetero) is 2. The van der Waals surface area contributed by atoms with E-state index in [2.05, 4.69) is 35.2 Å². The maximum atomic E-state index is 15.4. The molecule has 8 rings (SSSR count). The Labute approximate surface area is 254 Å². The number of ketones is 2. The van der Waals surface area contributed by atoms with Gasteiger partial charge in [0.1, 0.15) is 5.54 Å². The summed E-state index contributed by atoms with van der Waals surface area (Å²) < 4.78 is 0. The molecular formula is C37H27Cl2NO2. The molecule has 0 saturated carbocycles. The lowest BCUT2D eigenvalue weighted by molar-refractivity contribution is 0.0247. The lowest BCUT2D eigenvalue weighted by Gasteiger charge is -2.51. The van der Waals surface area contributed by atoms with Crippen LogP contribution in [0.25, 0.3) is 10.8 Å². The summed E-state index contributed by atoms with van der Waals surface area (Å²) in [6, 6.07) is 36.0. The van der Waals surface area contributed by atoms with Crippen LogP contribution in [0.5, 0.6) is 0 Å². The van der Waals surface area contributed by atoms with Crippen LogP contribution in [0, 0.1) is 5.41 Å². The van der Waals surface area contributed by atoms with E-state index in [1.807, 2.05) is 85.9 Å². The summed E-state index contributed by atoms with van der Waals surface area (Å²) in [5.74, 6) is -0.344. The van der Waals surface area contributed by atoms with Gasteiger partial charge >= 0.3 is 0 Å².